The lowest BCUT2D eigenvalue weighted by molar-refractivity contribution is -0.155. The number of nitrogens with zero attached hydrogens (tertiary/aromatic N) is 1. The first-order valence-electron chi connectivity index (χ1n) is 12.3. The van der Waals surface area contributed by atoms with Gasteiger partial charge in [-0.2, -0.15) is 0 Å². The topological polar surface area (TPSA) is 38.8 Å². The number of hydrogen-bond donors (Lipinski definition) is 0. The van der Waals surface area contributed by atoms with E-state index in [9.17, 15) is 4.79 Å². The predicted molar refractivity (Wildman–Crippen MR) is 144 cm³/mol. The van der Waals surface area contributed by atoms with Gasteiger partial charge in [0, 0.05) is 5.69 Å². The van der Waals surface area contributed by atoms with Crippen LogP contribution in [0.1, 0.15) is 78.1 Å². The lowest BCUT2D eigenvalue weighted by Gasteiger charge is -2.39. The minimum Gasteiger partial charge on any atom is -0.488 e. The zero-order valence-electron chi connectivity index (χ0n) is 22.1. The Kier molecular flexibility index (Phi) is 8.26. The molecule has 0 saturated heterocycles. The largest absolute Gasteiger partial charge is 0.488 e. The zero-order valence-corrected chi connectivity index (χ0v) is 22.1. The molecule has 0 aliphatic carbocycles. The Morgan fingerprint density at radius 1 is 0.771 bits per heavy atom. The third-order valence-electron chi connectivity index (χ3n) is 5.54. The van der Waals surface area contributed by atoms with Crippen LogP contribution < -0.4 is 9.64 Å². The highest BCUT2D eigenvalue weighted by Gasteiger charge is 2.31. The first-order valence-corrected chi connectivity index (χ1v) is 12.3. The summed E-state index contributed by atoms with van der Waals surface area (Å²) < 4.78 is 11.9. The smallest absolute Gasteiger partial charge is 0.308 e. The second-order valence-corrected chi connectivity index (χ2v) is 10.9. The molecule has 0 aromatic heterocycles. The average Bonchev–Trinajstić information content (AvgIpc) is 2.77. The van der Waals surface area contributed by atoms with Crippen LogP contribution in [0.4, 0.5) is 5.69 Å². The highest BCUT2D eigenvalue weighted by Crippen LogP contribution is 2.39. The maximum atomic E-state index is 13.2. The molecule has 0 fully saturated rings. The Bertz CT molecular complexity index is 1080. The van der Waals surface area contributed by atoms with E-state index in [4.69, 9.17) is 9.47 Å². The third kappa shape index (κ3) is 7.88. The lowest BCUT2D eigenvalue weighted by Crippen LogP contribution is -2.35. The summed E-state index contributed by atoms with van der Waals surface area (Å²) in [6.07, 6.45) is 0.211. The van der Waals surface area contributed by atoms with Crippen LogP contribution in [0.3, 0.4) is 0 Å². The summed E-state index contributed by atoms with van der Waals surface area (Å²) >= 11 is 0. The molecule has 0 amide bonds. The second-order valence-electron chi connectivity index (χ2n) is 10.9. The van der Waals surface area contributed by atoms with Gasteiger partial charge in [0.15, 0.2) is 0 Å². The van der Waals surface area contributed by atoms with E-state index in [1.807, 2.05) is 84.0 Å². The van der Waals surface area contributed by atoms with E-state index in [1.54, 1.807) is 0 Å². The van der Waals surface area contributed by atoms with E-state index in [0.717, 1.165) is 17.0 Å². The number of esters is 1. The average molecular weight is 474 g/mol. The van der Waals surface area contributed by atoms with Gasteiger partial charge in [0.25, 0.3) is 0 Å². The first-order chi connectivity index (χ1) is 16.4. The Morgan fingerprint density at radius 3 is 1.91 bits per heavy atom. The molecule has 3 aromatic rings. The SMILES string of the molecule is C[C@H](c1ccccc1)N(c1ccccc1)[C@@H](CC(=O)OC(C)(C)C)c1cccc(OC(C)(C)C)c1. The van der Waals surface area contributed by atoms with Crippen LogP contribution in [0.15, 0.2) is 84.9 Å². The van der Waals surface area contributed by atoms with Crippen LogP contribution >= 0.6 is 0 Å². The lowest BCUT2D eigenvalue weighted by atomic mass is 9.96. The summed E-state index contributed by atoms with van der Waals surface area (Å²) in [7, 11) is 0. The summed E-state index contributed by atoms with van der Waals surface area (Å²) in [5, 5.41) is 0. The molecule has 0 spiro atoms. The Balaban J connectivity index is 2.11. The molecule has 2 atom stereocenters. The van der Waals surface area contributed by atoms with Crippen LogP contribution in [-0.2, 0) is 9.53 Å². The number of para-hydroxylation sites is 1. The van der Waals surface area contributed by atoms with Gasteiger partial charge in [0.2, 0.25) is 0 Å². The van der Waals surface area contributed by atoms with Crippen molar-refractivity contribution in [1.29, 1.82) is 0 Å². The van der Waals surface area contributed by atoms with Gasteiger partial charge >= 0.3 is 5.97 Å². The molecule has 4 heteroatoms. The highest BCUT2D eigenvalue weighted by molar-refractivity contribution is 5.72. The predicted octanol–water partition coefficient (Wildman–Crippen LogP) is 7.90. The van der Waals surface area contributed by atoms with Gasteiger partial charge in [-0.05, 0) is 83.9 Å². The molecule has 35 heavy (non-hydrogen) atoms. The third-order valence-corrected chi connectivity index (χ3v) is 5.54. The van der Waals surface area contributed by atoms with E-state index >= 15 is 0 Å². The standard InChI is InChI=1S/C31H39NO3/c1-23(24-15-10-8-11-16-24)32(26-18-12-9-13-19-26)28(22-29(33)35-31(5,6)7)25-17-14-20-27(21-25)34-30(2,3)4/h8-21,23,28H,22H2,1-7H3/t23-,28+/m1/s1. The van der Waals surface area contributed by atoms with E-state index in [2.05, 4.69) is 54.3 Å². The van der Waals surface area contributed by atoms with Gasteiger partial charge in [0.1, 0.15) is 17.0 Å². The van der Waals surface area contributed by atoms with Crippen molar-refractivity contribution < 1.29 is 14.3 Å². The normalized spacial score (nSPS) is 13.6. The fourth-order valence-electron chi connectivity index (χ4n) is 4.22. The molecule has 0 aliphatic rings. The molecule has 0 radical (unpaired) electrons. The summed E-state index contributed by atoms with van der Waals surface area (Å²) in [4.78, 5) is 15.5. The van der Waals surface area contributed by atoms with E-state index in [1.165, 1.54) is 5.56 Å². The second kappa shape index (κ2) is 11.0. The van der Waals surface area contributed by atoms with E-state index in [-0.39, 0.29) is 30.1 Å². The molecule has 0 unspecified atom stereocenters. The van der Waals surface area contributed by atoms with Crippen molar-refractivity contribution in [2.24, 2.45) is 0 Å². The molecule has 0 N–H and O–H groups in total. The van der Waals surface area contributed by atoms with Crippen molar-refractivity contribution in [3.8, 4) is 5.75 Å². The molecule has 4 nitrogen and oxygen atoms in total. The van der Waals surface area contributed by atoms with Crippen molar-refractivity contribution in [3.63, 3.8) is 0 Å². The molecule has 0 saturated carbocycles. The number of anilines is 1. The van der Waals surface area contributed by atoms with Gasteiger partial charge in [0.05, 0.1) is 18.5 Å². The summed E-state index contributed by atoms with van der Waals surface area (Å²) in [6, 6.07) is 28.5. The summed E-state index contributed by atoms with van der Waals surface area (Å²) in [6.45, 7) is 14.0. The zero-order chi connectivity index (χ0) is 25.6. The van der Waals surface area contributed by atoms with E-state index in [0.29, 0.717) is 0 Å². The summed E-state index contributed by atoms with van der Waals surface area (Å²) in [5.74, 6) is 0.551. The van der Waals surface area contributed by atoms with Crippen molar-refractivity contribution in [2.75, 3.05) is 4.90 Å². The Morgan fingerprint density at radius 2 is 1.34 bits per heavy atom. The molecular weight excluding hydrogens is 434 g/mol. The fraction of sp³-hybridized carbons (Fsp3) is 0.387. The van der Waals surface area contributed by atoms with Crippen LogP contribution in [0.5, 0.6) is 5.75 Å². The maximum absolute atomic E-state index is 13.2. The maximum Gasteiger partial charge on any atom is 0.308 e. The van der Waals surface area contributed by atoms with Gasteiger partial charge in [-0.15, -0.1) is 0 Å². The van der Waals surface area contributed by atoms with E-state index < -0.39 is 5.60 Å². The minimum absolute atomic E-state index is 0.0122. The molecule has 0 bridgehead atoms. The van der Waals surface area contributed by atoms with Crippen LogP contribution in [-0.4, -0.2) is 17.2 Å². The first kappa shape index (κ1) is 26.3. The Labute approximate surface area is 210 Å². The molecule has 186 valence electrons. The highest BCUT2D eigenvalue weighted by atomic mass is 16.6. The number of carbonyl (C=O) groups is 1. The summed E-state index contributed by atoms with van der Waals surface area (Å²) in [5.41, 5.74) is 2.34. The number of carbonyl (C=O) groups excluding carboxylic acids is 1. The molecular formula is C31H39NO3. The van der Waals surface area contributed by atoms with Crippen molar-refractivity contribution in [1.82, 2.24) is 0 Å². The van der Waals surface area contributed by atoms with Crippen molar-refractivity contribution >= 4 is 11.7 Å². The Hall–Kier alpha value is -3.27. The monoisotopic (exact) mass is 473 g/mol. The van der Waals surface area contributed by atoms with Gasteiger partial charge in [-0.3, -0.25) is 4.79 Å². The number of hydrogen-bond acceptors (Lipinski definition) is 4. The van der Waals surface area contributed by atoms with Gasteiger partial charge < -0.3 is 14.4 Å². The van der Waals surface area contributed by atoms with Gasteiger partial charge in [-0.25, -0.2) is 0 Å². The van der Waals surface area contributed by atoms with Crippen LogP contribution in [0.25, 0.3) is 0 Å². The minimum atomic E-state index is -0.554. The quantitative estimate of drug-likeness (QED) is 0.312. The molecule has 0 heterocycles. The van der Waals surface area contributed by atoms with Crippen LogP contribution in [0, 0.1) is 0 Å². The van der Waals surface area contributed by atoms with Crippen LogP contribution in [0.2, 0.25) is 0 Å². The fourth-order valence-corrected chi connectivity index (χ4v) is 4.22. The molecule has 3 aromatic carbocycles. The van der Waals surface area contributed by atoms with Crippen molar-refractivity contribution in [2.45, 2.75) is 78.2 Å². The molecule has 0 aliphatic heterocycles. The number of rotatable bonds is 8. The van der Waals surface area contributed by atoms with Gasteiger partial charge in [-0.1, -0.05) is 60.7 Å². The molecule has 3 rings (SSSR count). The number of ether oxygens (including phenoxy) is 2. The number of benzene rings is 3. The van der Waals surface area contributed by atoms with Crippen molar-refractivity contribution in [3.05, 3.63) is 96.1 Å².